The molecular weight excluding hydrogens is 192 g/mol. The van der Waals surface area contributed by atoms with Crippen molar-refractivity contribution in [2.24, 2.45) is 0 Å². The first kappa shape index (κ1) is 10.6. The standard InChI is InChI=1S/C9H9F2NO2/c10-6-1-2-8(7(11)5-6)12-9(14)3-4-13/h1-2,5,13H,3-4H2,(H,12,14). The third-order valence-corrected chi connectivity index (χ3v) is 1.54. The van der Waals surface area contributed by atoms with Crippen LogP contribution in [-0.4, -0.2) is 17.6 Å². The Bertz CT molecular complexity index is 342. The third-order valence-electron chi connectivity index (χ3n) is 1.54. The second-order valence-corrected chi connectivity index (χ2v) is 2.65. The summed E-state index contributed by atoms with van der Waals surface area (Å²) in [6.45, 7) is -0.311. The monoisotopic (exact) mass is 201 g/mol. The first-order valence-corrected chi connectivity index (χ1v) is 3.99. The smallest absolute Gasteiger partial charge is 0.226 e. The van der Waals surface area contributed by atoms with Gasteiger partial charge in [-0.2, -0.15) is 0 Å². The number of rotatable bonds is 3. The molecule has 0 saturated carbocycles. The van der Waals surface area contributed by atoms with E-state index >= 15 is 0 Å². The summed E-state index contributed by atoms with van der Waals surface area (Å²) in [7, 11) is 0. The number of carbonyl (C=O) groups excluding carboxylic acids is 1. The number of amides is 1. The zero-order chi connectivity index (χ0) is 10.6. The lowest BCUT2D eigenvalue weighted by atomic mass is 10.3. The van der Waals surface area contributed by atoms with Gasteiger partial charge in [0, 0.05) is 6.07 Å². The van der Waals surface area contributed by atoms with Crippen LogP contribution in [0.4, 0.5) is 14.5 Å². The van der Waals surface area contributed by atoms with Gasteiger partial charge in [-0.05, 0) is 12.1 Å². The largest absolute Gasteiger partial charge is 0.396 e. The molecule has 0 saturated heterocycles. The molecule has 76 valence electrons. The van der Waals surface area contributed by atoms with Gasteiger partial charge in [0.1, 0.15) is 11.6 Å². The van der Waals surface area contributed by atoms with Crippen molar-refractivity contribution in [1.29, 1.82) is 0 Å². The van der Waals surface area contributed by atoms with E-state index in [1.54, 1.807) is 0 Å². The second-order valence-electron chi connectivity index (χ2n) is 2.65. The average molecular weight is 201 g/mol. The Balaban J connectivity index is 2.72. The van der Waals surface area contributed by atoms with E-state index in [0.717, 1.165) is 12.1 Å². The minimum Gasteiger partial charge on any atom is -0.396 e. The van der Waals surface area contributed by atoms with Gasteiger partial charge in [-0.25, -0.2) is 8.78 Å². The maximum Gasteiger partial charge on any atom is 0.226 e. The van der Waals surface area contributed by atoms with Crippen molar-refractivity contribution in [3.63, 3.8) is 0 Å². The van der Waals surface area contributed by atoms with Crippen molar-refractivity contribution in [2.45, 2.75) is 6.42 Å². The van der Waals surface area contributed by atoms with Crippen molar-refractivity contribution < 1.29 is 18.7 Å². The molecule has 1 amide bonds. The van der Waals surface area contributed by atoms with Crippen molar-refractivity contribution in [3.05, 3.63) is 29.8 Å². The number of halogens is 2. The molecule has 14 heavy (non-hydrogen) atoms. The molecule has 0 atom stereocenters. The van der Waals surface area contributed by atoms with E-state index in [1.165, 1.54) is 0 Å². The van der Waals surface area contributed by atoms with Gasteiger partial charge in [-0.15, -0.1) is 0 Å². The average Bonchev–Trinajstić information content (AvgIpc) is 2.10. The molecule has 0 heterocycles. The van der Waals surface area contributed by atoms with Crippen LogP contribution in [-0.2, 0) is 4.79 Å². The summed E-state index contributed by atoms with van der Waals surface area (Å²) in [6, 6.07) is 2.84. The quantitative estimate of drug-likeness (QED) is 0.774. The van der Waals surface area contributed by atoms with Gasteiger partial charge in [-0.1, -0.05) is 0 Å². The lowest BCUT2D eigenvalue weighted by Gasteiger charge is -2.04. The Hall–Kier alpha value is -1.49. The summed E-state index contributed by atoms with van der Waals surface area (Å²) in [6.07, 6.45) is -0.114. The van der Waals surface area contributed by atoms with Crippen LogP contribution in [0.25, 0.3) is 0 Å². The highest BCUT2D eigenvalue weighted by Crippen LogP contribution is 2.14. The van der Waals surface area contributed by atoms with Crippen LogP contribution in [0.5, 0.6) is 0 Å². The van der Waals surface area contributed by atoms with Gasteiger partial charge < -0.3 is 10.4 Å². The maximum absolute atomic E-state index is 12.9. The molecule has 0 aliphatic heterocycles. The number of nitrogens with one attached hydrogen (secondary N) is 1. The predicted octanol–water partition coefficient (Wildman–Crippen LogP) is 1.29. The molecule has 0 aliphatic rings. The fraction of sp³-hybridized carbons (Fsp3) is 0.222. The molecule has 0 spiro atoms. The van der Waals surface area contributed by atoms with Crippen LogP contribution in [0.2, 0.25) is 0 Å². The fourth-order valence-electron chi connectivity index (χ4n) is 0.905. The molecule has 1 aromatic rings. The van der Waals surface area contributed by atoms with Crippen LogP contribution in [0.15, 0.2) is 18.2 Å². The minimum absolute atomic E-state index is 0.0927. The summed E-state index contributed by atoms with van der Waals surface area (Å²) in [5, 5.41) is 10.6. The van der Waals surface area contributed by atoms with Crippen LogP contribution in [0, 0.1) is 11.6 Å². The number of aliphatic hydroxyl groups excluding tert-OH is 1. The van der Waals surface area contributed by atoms with Crippen LogP contribution < -0.4 is 5.32 Å². The van der Waals surface area contributed by atoms with Gasteiger partial charge in [0.15, 0.2) is 0 Å². The Kier molecular flexibility index (Phi) is 3.53. The van der Waals surface area contributed by atoms with E-state index in [-0.39, 0.29) is 18.7 Å². The molecule has 5 heteroatoms. The molecule has 0 radical (unpaired) electrons. The molecule has 2 N–H and O–H groups in total. The Labute approximate surface area is 79.4 Å². The number of anilines is 1. The molecular formula is C9H9F2NO2. The molecule has 3 nitrogen and oxygen atoms in total. The van der Waals surface area contributed by atoms with E-state index in [1.807, 2.05) is 0 Å². The highest BCUT2D eigenvalue weighted by Gasteiger charge is 2.06. The van der Waals surface area contributed by atoms with E-state index in [4.69, 9.17) is 5.11 Å². The first-order chi connectivity index (χ1) is 6.63. The summed E-state index contributed by atoms with van der Waals surface area (Å²) in [5.74, 6) is -2.06. The summed E-state index contributed by atoms with van der Waals surface area (Å²) < 4.78 is 25.4. The highest BCUT2D eigenvalue weighted by atomic mass is 19.1. The molecule has 0 aliphatic carbocycles. The summed E-state index contributed by atoms with van der Waals surface area (Å²) in [5.41, 5.74) is -0.0927. The minimum atomic E-state index is -0.837. The van der Waals surface area contributed by atoms with E-state index in [0.29, 0.717) is 6.07 Å². The van der Waals surface area contributed by atoms with Crippen LogP contribution in [0.1, 0.15) is 6.42 Å². The third kappa shape index (κ3) is 2.77. The summed E-state index contributed by atoms with van der Waals surface area (Å²) >= 11 is 0. The van der Waals surface area contributed by atoms with E-state index in [2.05, 4.69) is 5.32 Å². The number of benzene rings is 1. The molecule has 0 bridgehead atoms. The number of hydrogen-bond donors (Lipinski definition) is 2. The highest BCUT2D eigenvalue weighted by molar-refractivity contribution is 5.90. The molecule has 0 fully saturated rings. The van der Waals surface area contributed by atoms with Crippen molar-refractivity contribution in [3.8, 4) is 0 Å². The van der Waals surface area contributed by atoms with Crippen LogP contribution >= 0.6 is 0 Å². The first-order valence-electron chi connectivity index (χ1n) is 3.99. The Morgan fingerprint density at radius 3 is 2.71 bits per heavy atom. The molecule has 0 aromatic heterocycles. The number of carbonyl (C=O) groups is 1. The SMILES string of the molecule is O=C(CCO)Nc1ccc(F)cc1F. The molecule has 0 unspecified atom stereocenters. The predicted molar refractivity (Wildman–Crippen MR) is 46.7 cm³/mol. The second kappa shape index (κ2) is 4.66. The number of aliphatic hydroxyl groups is 1. The normalized spacial score (nSPS) is 9.93. The van der Waals surface area contributed by atoms with Gasteiger partial charge in [0.05, 0.1) is 18.7 Å². The lowest BCUT2D eigenvalue weighted by molar-refractivity contribution is -0.116. The van der Waals surface area contributed by atoms with Gasteiger partial charge in [0.2, 0.25) is 5.91 Å². The molecule has 1 rings (SSSR count). The maximum atomic E-state index is 12.9. The van der Waals surface area contributed by atoms with E-state index in [9.17, 15) is 13.6 Å². The zero-order valence-corrected chi connectivity index (χ0v) is 7.26. The van der Waals surface area contributed by atoms with Gasteiger partial charge >= 0.3 is 0 Å². The lowest BCUT2D eigenvalue weighted by Crippen LogP contribution is -2.13. The van der Waals surface area contributed by atoms with Gasteiger partial charge in [0.25, 0.3) is 0 Å². The van der Waals surface area contributed by atoms with Crippen LogP contribution in [0.3, 0.4) is 0 Å². The van der Waals surface area contributed by atoms with Crippen molar-refractivity contribution >= 4 is 11.6 Å². The molecule has 1 aromatic carbocycles. The number of hydrogen-bond acceptors (Lipinski definition) is 2. The van der Waals surface area contributed by atoms with Crippen molar-refractivity contribution in [1.82, 2.24) is 0 Å². The fourth-order valence-corrected chi connectivity index (χ4v) is 0.905. The van der Waals surface area contributed by atoms with Crippen molar-refractivity contribution in [2.75, 3.05) is 11.9 Å². The zero-order valence-electron chi connectivity index (χ0n) is 7.26. The Morgan fingerprint density at radius 1 is 1.43 bits per heavy atom. The summed E-state index contributed by atoms with van der Waals surface area (Å²) in [4.78, 5) is 10.9. The Morgan fingerprint density at radius 2 is 2.14 bits per heavy atom. The topological polar surface area (TPSA) is 49.3 Å². The van der Waals surface area contributed by atoms with Gasteiger partial charge in [-0.3, -0.25) is 4.79 Å². The van der Waals surface area contributed by atoms with E-state index < -0.39 is 17.5 Å².